The average Bonchev–Trinajstić information content (AvgIpc) is 2.24. The summed E-state index contributed by atoms with van der Waals surface area (Å²) in [6.07, 6.45) is -3.88. The van der Waals surface area contributed by atoms with Crippen LogP contribution in [0.4, 0.5) is 13.2 Å². The highest BCUT2D eigenvalue weighted by Gasteiger charge is 2.29. The van der Waals surface area contributed by atoms with Crippen LogP contribution in [0.3, 0.4) is 0 Å². The fourth-order valence-corrected chi connectivity index (χ4v) is 1.77. The minimum absolute atomic E-state index is 0.00908. The summed E-state index contributed by atoms with van der Waals surface area (Å²) in [7, 11) is 0. The molecule has 0 bridgehead atoms. The lowest BCUT2D eigenvalue weighted by molar-refractivity contribution is -0.147. The molecule has 1 aliphatic heterocycles. The third-order valence-corrected chi connectivity index (χ3v) is 2.69. The molecule has 0 unspecified atom stereocenters. The molecule has 0 aromatic carbocycles. The van der Waals surface area contributed by atoms with Crippen molar-refractivity contribution in [3.63, 3.8) is 0 Å². The second-order valence-electron chi connectivity index (χ2n) is 4.11. The molecule has 0 aliphatic carbocycles. The molecule has 0 saturated carbocycles. The molecule has 0 radical (unpaired) electrons. The first-order chi connectivity index (χ1) is 7.87. The molecule has 1 heterocycles. The lowest BCUT2D eigenvalue weighted by atomic mass is 10.1. The van der Waals surface area contributed by atoms with Crippen LogP contribution in [0.15, 0.2) is 0 Å². The Balaban J connectivity index is 2.15. The number of likely N-dealkylation sites (tertiary alicyclic amines) is 1. The molecule has 0 aromatic heterocycles. The number of alkyl halides is 3. The Kier molecular flexibility index (Phi) is 5.20. The first kappa shape index (κ1) is 14.2. The van der Waals surface area contributed by atoms with Gasteiger partial charge in [-0.1, -0.05) is 0 Å². The maximum absolute atomic E-state index is 12.0. The Morgan fingerprint density at radius 2 is 1.94 bits per heavy atom. The van der Waals surface area contributed by atoms with Gasteiger partial charge in [-0.25, -0.2) is 4.79 Å². The van der Waals surface area contributed by atoms with Crippen LogP contribution in [-0.4, -0.2) is 54.5 Å². The molecule has 0 atom stereocenters. The third kappa shape index (κ3) is 6.48. The lowest BCUT2D eigenvalue weighted by Crippen LogP contribution is -2.39. The van der Waals surface area contributed by atoms with Crippen LogP contribution >= 0.6 is 0 Å². The van der Waals surface area contributed by atoms with Crippen LogP contribution in [0.5, 0.6) is 0 Å². The average molecular weight is 255 g/mol. The summed E-state index contributed by atoms with van der Waals surface area (Å²) in [5.41, 5.74) is 0. The molecule has 1 rings (SSSR count). The minimum atomic E-state index is -4.11. The monoisotopic (exact) mass is 255 g/mol. The van der Waals surface area contributed by atoms with E-state index in [-0.39, 0.29) is 19.3 Å². The van der Waals surface area contributed by atoms with E-state index < -0.39 is 18.6 Å². The second kappa shape index (κ2) is 6.20. The topological polar surface area (TPSA) is 49.8 Å². The molecule has 7 heteroatoms. The second-order valence-corrected chi connectivity index (χ2v) is 4.11. The van der Waals surface area contributed by atoms with E-state index in [9.17, 15) is 18.0 Å². The molecule has 0 aromatic rings. The summed E-state index contributed by atoms with van der Waals surface area (Å²) in [5.74, 6) is -1.02. The van der Waals surface area contributed by atoms with E-state index in [1.54, 1.807) is 4.90 Å². The van der Waals surface area contributed by atoms with E-state index >= 15 is 0 Å². The van der Waals surface area contributed by atoms with Crippen molar-refractivity contribution in [3.05, 3.63) is 0 Å². The summed E-state index contributed by atoms with van der Waals surface area (Å²) in [4.78, 5) is 12.0. The molecule has 1 N–H and O–H groups in total. The van der Waals surface area contributed by atoms with Crippen LogP contribution in [0.25, 0.3) is 0 Å². The Morgan fingerprint density at radius 1 is 1.35 bits per heavy atom. The van der Waals surface area contributed by atoms with Crippen LogP contribution in [0, 0.1) is 0 Å². The van der Waals surface area contributed by atoms with E-state index in [1.807, 2.05) is 0 Å². The van der Waals surface area contributed by atoms with Gasteiger partial charge in [-0.15, -0.1) is 0 Å². The van der Waals surface area contributed by atoms with Gasteiger partial charge in [0.1, 0.15) is 6.61 Å². The highest BCUT2D eigenvalue weighted by Crippen LogP contribution is 2.21. The summed E-state index contributed by atoms with van der Waals surface area (Å²) in [6.45, 7) is 0.725. The van der Waals surface area contributed by atoms with Gasteiger partial charge in [-0.05, 0) is 12.8 Å². The highest BCUT2D eigenvalue weighted by molar-refractivity contribution is 5.68. The number of aliphatic carboxylic acids is 1. The normalized spacial score (nSPS) is 19.5. The number of carbonyl (C=O) groups is 1. The molecule has 0 spiro atoms. The van der Waals surface area contributed by atoms with E-state index in [4.69, 9.17) is 9.84 Å². The van der Waals surface area contributed by atoms with Gasteiger partial charge in [0.25, 0.3) is 0 Å². The Morgan fingerprint density at radius 3 is 2.41 bits per heavy atom. The van der Waals surface area contributed by atoms with Gasteiger partial charge in [-0.3, -0.25) is 0 Å². The van der Waals surface area contributed by atoms with E-state index in [2.05, 4.69) is 0 Å². The molecule has 17 heavy (non-hydrogen) atoms. The smallest absolute Gasteiger partial charge is 0.390 e. The van der Waals surface area contributed by atoms with Crippen molar-refractivity contribution in [2.45, 2.75) is 31.5 Å². The number of piperidine rings is 1. The maximum Gasteiger partial charge on any atom is 0.390 e. The number of carboxylic acid groups (broad SMARTS) is 1. The summed E-state index contributed by atoms with van der Waals surface area (Å²) in [5, 5.41) is 8.41. The van der Waals surface area contributed by atoms with Crippen molar-refractivity contribution in [1.82, 2.24) is 4.90 Å². The molecular weight excluding hydrogens is 239 g/mol. The summed E-state index contributed by atoms with van der Waals surface area (Å²) in [6, 6.07) is 0. The highest BCUT2D eigenvalue weighted by atomic mass is 19.4. The minimum Gasteiger partial charge on any atom is -0.480 e. The summed E-state index contributed by atoms with van der Waals surface area (Å²) >= 11 is 0. The van der Waals surface area contributed by atoms with Crippen LogP contribution in [0.2, 0.25) is 0 Å². The zero-order valence-corrected chi connectivity index (χ0v) is 9.37. The predicted octanol–water partition coefficient (Wildman–Crippen LogP) is 1.50. The standard InChI is InChI=1S/C10H16F3NO3/c11-10(12,13)3-6-14-4-1-8(2-5-14)17-7-9(15)16/h8H,1-7H2,(H,15,16). The molecule has 1 saturated heterocycles. The van der Waals surface area contributed by atoms with Crippen LogP contribution < -0.4 is 0 Å². The van der Waals surface area contributed by atoms with E-state index in [0.717, 1.165) is 0 Å². The molecule has 4 nitrogen and oxygen atoms in total. The van der Waals surface area contributed by atoms with Gasteiger partial charge in [0, 0.05) is 19.6 Å². The van der Waals surface area contributed by atoms with Gasteiger partial charge in [0.05, 0.1) is 12.5 Å². The zero-order chi connectivity index (χ0) is 12.9. The summed E-state index contributed by atoms with van der Waals surface area (Å²) < 4.78 is 41.0. The Bertz CT molecular complexity index is 250. The van der Waals surface area contributed by atoms with Gasteiger partial charge in [0.2, 0.25) is 0 Å². The van der Waals surface area contributed by atoms with Gasteiger partial charge in [0.15, 0.2) is 0 Å². The van der Waals surface area contributed by atoms with Crippen molar-refractivity contribution >= 4 is 5.97 Å². The molecule has 100 valence electrons. The zero-order valence-electron chi connectivity index (χ0n) is 9.37. The number of halogens is 3. The number of rotatable bonds is 5. The van der Waals surface area contributed by atoms with E-state index in [1.165, 1.54) is 0 Å². The van der Waals surface area contributed by atoms with Crippen LogP contribution in [0.1, 0.15) is 19.3 Å². The van der Waals surface area contributed by atoms with Crippen molar-refractivity contribution < 1.29 is 27.8 Å². The van der Waals surface area contributed by atoms with Crippen molar-refractivity contribution in [3.8, 4) is 0 Å². The molecule has 1 aliphatic rings. The lowest BCUT2D eigenvalue weighted by Gasteiger charge is -2.31. The van der Waals surface area contributed by atoms with Crippen LogP contribution in [-0.2, 0) is 9.53 Å². The number of carboxylic acids is 1. The fraction of sp³-hybridized carbons (Fsp3) is 0.900. The van der Waals surface area contributed by atoms with Crippen molar-refractivity contribution in [2.24, 2.45) is 0 Å². The quantitative estimate of drug-likeness (QED) is 0.809. The van der Waals surface area contributed by atoms with Crippen molar-refractivity contribution in [1.29, 1.82) is 0 Å². The number of hydrogen-bond acceptors (Lipinski definition) is 3. The molecule has 0 amide bonds. The number of hydrogen-bond donors (Lipinski definition) is 1. The number of nitrogens with zero attached hydrogens (tertiary/aromatic N) is 1. The van der Waals surface area contributed by atoms with Crippen molar-refractivity contribution in [2.75, 3.05) is 26.2 Å². The fourth-order valence-electron chi connectivity index (χ4n) is 1.77. The third-order valence-electron chi connectivity index (χ3n) is 2.69. The maximum atomic E-state index is 12.0. The van der Waals surface area contributed by atoms with E-state index in [0.29, 0.717) is 25.9 Å². The Hall–Kier alpha value is -0.820. The Labute approximate surface area is 97.3 Å². The van der Waals surface area contributed by atoms with Gasteiger partial charge in [-0.2, -0.15) is 13.2 Å². The first-order valence-electron chi connectivity index (χ1n) is 5.49. The largest absolute Gasteiger partial charge is 0.480 e. The van der Waals surface area contributed by atoms with Gasteiger partial charge < -0.3 is 14.7 Å². The molecular formula is C10H16F3NO3. The van der Waals surface area contributed by atoms with Gasteiger partial charge >= 0.3 is 12.1 Å². The molecule has 1 fully saturated rings. The SMILES string of the molecule is O=C(O)COC1CCN(CCC(F)(F)F)CC1. The predicted molar refractivity (Wildman–Crippen MR) is 53.7 cm³/mol. The first-order valence-corrected chi connectivity index (χ1v) is 5.49. The number of ether oxygens (including phenoxy) is 1.